The van der Waals surface area contributed by atoms with E-state index in [-0.39, 0.29) is 0 Å². The lowest BCUT2D eigenvalue weighted by atomic mass is 9.47. The third-order valence-corrected chi connectivity index (χ3v) is 7.77. The van der Waals surface area contributed by atoms with Crippen LogP contribution in [-0.4, -0.2) is 0 Å². The molecule has 0 heterocycles. The first-order valence-corrected chi connectivity index (χ1v) is 9.26. The summed E-state index contributed by atoms with van der Waals surface area (Å²) in [6, 6.07) is 0. The molecule has 4 rings (SSSR count). The minimum Gasteiger partial charge on any atom is -0.132 e. The van der Waals surface area contributed by atoms with Crippen LogP contribution >= 0.6 is 0 Å². The van der Waals surface area contributed by atoms with Crippen molar-refractivity contribution in [1.82, 2.24) is 0 Å². The topological polar surface area (TPSA) is 0 Å². The predicted molar refractivity (Wildman–Crippen MR) is 89.0 cm³/mol. The SMILES string of the molecule is C=C=C[C@]12CCCC=C1CC[C@H]1[C@@H]3CCC[C@@]3(C)CC[C@@H]12. The first-order chi connectivity index (χ1) is 10.2. The third-order valence-electron chi connectivity index (χ3n) is 7.77. The lowest BCUT2D eigenvalue weighted by Gasteiger charge is -2.57. The first-order valence-electron chi connectivity index (χ1n) is 9.26. The summed E-state index contributed by atoms with van der Waals surface area (Å²) in [6.45, 7) is 6.55. The zero-order valence-electron chi connectivity index (χ0n) is 13.7. The lowest BCUT2D eigenvalue weighted by molar-refractivity contribution is -0.0252. The summed E-state index contributed by atoms with van der Waals surface area (Å²) in [4.78, 5) is 0. The van der Waals surface area contributed by atoms with Gasteiger partial charge in [-0.05, 0) is 87.0 Å². The van der Waals surface area contributed by atoms with E-state index in [4.69, 9.17) is 0 Å². The largest absolute Gasteiger partial charge is 0.132 e. The Morgan fingerprint density at radius 1 is 1.14 bits per heavy atom. The molecule has 0 radical (unpaired) electrons. The van der Waals surface area contributed by atoms with Crippen molar-refractivity contribution >= 4 is 0 Å². The van der Waals surface area contributed by atoms with Gasteiger partial charge in [0.05, 0.1) is 0 Å². The van der Waals surface area contributed by atoms with E-state index in [0.29, 0.717) is 10.8 Å². The number of fused-ring (bicyclic) bond motifs is 5. The molecular weight excluding hydrogens is 252 g/mol. The fraction of sp³-hybridized carbons (Fsp3) is 0.762. The molecule has 3 saturated carbocycles. The van der Waals surface area contributed by atoms with Crippen molar-refractivity contribution in [3.63, 3.8) is 0 Å². The van der Waals surface area contributed by atoms with Crippen LogP contribution in [0.1, 0.15) is 71.1 Å². The summed E-state index contributed by atoms with van der Waals surface area (Å²) in [5.41, 5.74) is 6.00. The van der Waals surface area contributed by atoms with Crippen LogP contribution in [0.3, 0.4) is 0 Å². The minimum atomic E-state index is 0.354. The van der Waals surface area contributed by atoms with Gasteiger partial charge in [-0.25, -0.2) is 0 Å². The quantitative estimate of drug-likeness (QED) is 0.405. The van der Waals surface area contributed by atoms with E-state index in [1.165, 1.54) is 64.2 Å². The molecule has 0 N–H and O–H groups in total. The molecule has 4 aliphatic carbocycles. The van der Waals surface area contributed by atoms with Gasteiger partial charge in [0.1, 0.15) is 0 Å². The average Bonchev–Trinajstić information content (AvgIpc) is 2.89. The summed E-state index contributed by atoms with van der Waals surface area (Å²) in [7, 11) is 0. The Bertz CT molecular complexity index is 506. The summed E-state index contributed by atoms with van der Waals surface area (Å²) < 4.78 is 0. The third kappa shape index (κ3) is 1.88. The van der Waals surface area contributed by atoms with E-state index < -0.39 is 0 Å². The smallest absolute Gasteiger partial charge is 0.0197 e. The molecule has 0 bridgehead atoms. The highest BCUT2D eigenvalue weighted by Crippen LogP contribution is 2.65. The second kappa shape index (κ2) is 4.88. The van der Waals surface area contributed by atoms with Crippen LogP contribution in [0.25, 0.3) is 0 Å². The van der Waals surface area contributed by atoms with E-state index in [9.17, 15) is 0 Å². The number of hydrogen-bond acceptors (Lipinski definition) is 0. The molecule has 0 spiro atoms. The molecule has 0 amide bonds. The molecule has 4 aliphatic rings. The van der Waals surface area contributed by atoms with Gasteiger partial charge in [-0.3, -0.25) is 0 Å². The van der Waals surface area contributed by atoms with Gasteiger partial charge in [0.15, 0.2) is 0 Å². The maximum Gasteiger partial charge on any atom is 0.0197 e. The molecule has 0 nitrogen and oxygen atoms in total. The van der Waals surface area contributed by atoms with Gasteiger partial charge in [-0.2, -0.15) is 0 Å². The Labute approximate surface area is 130 Å². The monoisotopic (exact) mass is 282 g/mol. The second-order valence-electron chi connectivity index (χ2n) is 8.51. The van der Waals surface area contributed by atoms with E-state index in [2.05, 4.69) is 31.4 Å². The Morgan fingerprint density at radius 3 is 2.90 bits per heavy atom. The standard InChI is InChI=1S/C21H30/c1-3-12-21-14-5-4-7-16(21)9-10-17-18-8-6-13-20(18,2)15-11-19(17)21/h7,12,17-19H,1,4-6,8-11,13-15H2,2H3/t17-,18-,19-,20-,21-/m0/s1. The predicted octanol–water partition coefficient (Wildman–Crippen LogP) is 6.05. The normalized spacial score (nSPS) is 48.4. The van der Waals surface area contributed by atoms with Gasteiger partial charge in [0.25, 0.3) is 0 Å². The molecule has 0 aliphatic heterocycles. The van der Waals surface area contributed by atoms with E-state index in [0.717, 1.165) is 17.8 Å². The van der Waals surface area contributed by atoms with Crippen molar-refractivity contribution in [2.75, 3.05) is 0 Å². The molecule has 0 heteroatoms. The Balaban J connectivity index is 1.75. The highest BCUT2D eigenvalue weighted by atomic mass is 14.6. The van der Waals surface area contributed by atoms with Gasteiger partial charge in [-0.1, -0.05) is 31.6 Å². The zero-order valence-corrected chi connectivity index (χ0v) is 13.7. The molecule has 0 saturated heterocycles. The van der Waals surface area contributed by atoms with Crippen molar-refractivity contribution in [1.29, 1.82) is 0 Å². The lowest BCUT2D eigenvalue weighted by Crippen LogP contribution is -2.49. The van der Waals surface area contributed by atoms with Crippen LogP contribution in [0, 0.1) is 28.6 Å². The van der Waals surface area contributed by atoms with Crippen LogP contribution in [0.2, 0.25) is 0 Å². The van der Waals surface area contributed by atoms with Crippen molar-refractivity contribution in [3.8, 4) is 0 Å². The van der Waals surface area contributed by atoms with Gasteiger partial charge in [0.2, 0.25) is 0 Å². The van der Waals surface area contributed by atoms with Gasteiger partial charge < -0.3 is 0 Å². The maximum atomic E-state index is 3.95. The Hall–Kier alpha value is -0.740. The van der Waals surface area contributed by atoms with Crippen molar-refractivity contribution < 1.29 is 0 Å². The van der Waals surface area contributed by atoms with Gasteiger partial charge >= 0.3 is 0 Å². The zero-order chi connectivity index (χ0) is 14.5. The average molecular weight is 282 g/mol. The molecule has 0 aromatic heterocycles. The van der Waals surface area contributed by atoms with E-state index in [1.807, 2.05) is 0 Å². The van der Waals surface area contributed by atoms with Crippen LogP contribution < -0.4 is 0 Å². The fourth-order valence-electron chi connectivity index (χ4n) is 6.88. The summed E-state index contributed by atoms with van der Waals surface area (Å²) >= 11 is 0. The molecule has 114 valence electrons. The minimum absolute atomic E-state index is 0.354. The van der Waals surface area contributed by atoms with Crippen LogP contribution in [0.15, 0.2) is 30.0 Å². The summed E-state index contributed by atoms with van der Waals surface area (Å²) in [6.07, 6.45) is 19.2. The molecule has 5 atom stereocenters. The molecule has 3 fully saturated rings. The van der Waals surface area contributed by atoms with Crippen LogP contribution in [0.4, 0.5) is 0 Å². The Kier molecular flexibility index (Phi) is 3.23. The molecule has 0 aromatic rings. The fourth-order valence-corrected chi connectivity index (χ4v) is 6.88. The van der Waals surface area contributed by atoms with Crippen molar-refractivity contribution in [2.24, 2.45) is 28.6 Å². The highest BCUT2D eigenvalue weighted by Gasteiger charge is 2.56. The van der Waals surface area contributed by atoms with Crippen molar-refractivity contribution in [2.45, 2.75) is 71.1 Å². The maximum absolute atomic E-state index is 3.95. The highest BCUT2D eigenvalue weighted by molar-refractivity contribution is 5.30. The molecule has 0 unspecified atom stereocenters. The number of rotatable bonds is 1. The molecule has 0 aromatic carbocycles. The summed E-state index contributed by atoms with van der Waals surface area (Å²) in [5, 5.41) is 0. The van der Waals surface area contributed by atoms with Gasteiger partial charge in [0, 0.05) is 5.41 Å². The van der Waals surface area contributed by atoms with Crippen LogP contribution in [-0.2, 0) is 0 Å². The van der Waals surface area contributed by atoms with E-state index in [1.54, 1.807) is 5.57 Å². The van der Waals surface area contributed by atoms with Crippen molar-refractivity contribution in [3.05, 3.63) is 30.0 Å². The number of hydrogen-bond donors (Lipinski definition) is 0. The second-order valence-corrected chi connectivity index (χ2v) is 8.51. The Morgan fingerprint density at radius 2 is 2.05 bits per heavy atom. The van der Waals surface area contributed by atoms with E-state index >= 15 is 0 Å². The molecular formula is C21H30. The first kappa shape index (κ1) is 13.9. The summed E-state index contributed by atoms with van der Waals surface area (Å²) in [5.74, 6) is 2.88. The van der Waals surface area contributed by atoms with Gasteiger partial charge in [-0.15, -0.1) is 5.73 Å². The number of allylic oxidation sites excluding steroid dienone is 3. The van der Waals surface area contributed by atoms with Crippen LogP contribution in [0.5, 0.6) is 0 Å². The molecule has 21 heavy (non-hydrogen) atoms.